The number of carbonyl (C=O) groups excluding carboxylic acids is 1. The highest BCUT2D eigenvalue weighted by Gasteiger charge is 2.37. The number of oxime groups is 1. The van der Waals surface area contributed by atoms with E-state index in [2.05, 4.69) is 5.16 Å². The Morgan fingerprint density at radius 1 is 1.18 bits per heavy atom. The predicted molar refractivity (Wildman–Crippen MR) is 120 cm³/mol. The standard InChI is InChI=1S/C21H20ClF3N2O6P/c1-4-13-9-18(27(29)30)19(34(31)33-26-12(3)20(28)32-5-2)10-15(13)8-14-6-7-16(11-17(14)22)21(23,24)25/h6-7,9-11H,4-5,8H2,1-3H3/q+1. The van der Waals surface area contributed by atoms with Gasteiger partial charge in [-0.2, -0.15) is 13.2 Å². The number of rotatable bonds is 9. The molecule has 0 heterocycles. The molecule has 0 radical (unpaired) electrons. The van der Waals surface area contributed by atoms with Gasteiger partial charge in [0.1, 0.15) is 0 Å². The van der Waals surface area contributed by atoms with Crippen LogP contribution in [-0.2, 0) is 37.7 Å². The summed E-state index contributed by atoms with van der Waals surface area (Å²) in [5, 5.41) is 14.6. The molecule has 1 atom stereocenters. The van der Waals surface area contributed by atoms with Crippen molar-refractivity contribution in [3.63, 3.8) is 0 Å². The van der Waals surface area contributed by atoms with Gasteiger partial charge in [-0.1, -0.05) is 24.6 Å². The number of benzene rings is 2. The minimum Gasteiger partial charge on any atom is -0.461 e. The number of esters is 1. The zero-order valence-electron chi connectivity index (χ0n) is 18.3. The number of halogens is 4. The smallest absolute Gasteiger partial charge is 0.461 e. The molecule has 2 aromatic rings. The van der Waals surface area contributed by atoms with Crippen molar-refractivity contribution in [3.8, 4) is 0 Å². The Labute approximate surface area is 198 Å². The van der Waals surface area contributed by atoms with Crippen LogP contribution in [0.1, 0.15) is 43.0 Å². The third kappa shape index (κ3) is 6.74. The van der Waals surface area contributed by atoms with Crippen molar-refractivity contribution < 1.29 is 36.8 Å². The first-order chi connectivity index (χ1) is 15.9. The molecule has 0 fully saturated rings. The summed E-state index contributed by atoms with van der Waals surface area (Å²) in [5.74, 6) is -0.806. The van der Waals surface area contributed by atoms with E-state index in [0.29, 0.717) is 23.1 Å². The lowest BCUT2D eigenvalue weighted by Crippen LogP contribution is -2.14. The minimum atomic E-state index is -4.56. The van der Waals surface area contributed by atoms with Crippen molar-refractivity contribution in [2.45, 2.75) is 39.8 Å². The number of alkyl halides is 3. The molecule has 0 saturated carbocycles. The molecule has 2 aromatic carbocycles. The highest BCUT2D eigenvalue weighted by atomic mass is 35.5. The molecule has 0 bridgehead atoms. The summed E-state index contributed by atoms with van der Waals surface area (Å²) >= 11 is 6.05. The maximum Gasteiger partial charge on any atom is 0.628 e. The molecular formula is C21H20ClF3N2O6P+. The molecule has 13 heteroatoms. The molecule has 182 valence electrons. The van der Waals surface area contributed by atoms with Gasteiger partial charge in [0.05, 0.1) is 17.1 Å². The topological polar surface area (TPSA) is 108 Å². The third-order valence-electron chi connectivity index (χ3n) is 4.66. The molecule has 0 aliphatic heterocycles. The number of carbonyl (C=O) groups is 1. The van der Waals surface area contributed by atoms with E-state index in [9.17, 15) is 32.6 Å². The van der Waals surface area contributed by atoms with Gasteiger partial charge in [-0.25, -0.2) is 4.79 Å². The Kier molecular flexibility index (Phi) is 9.12. The van der Waals surface area contributed by atoms with Crippen LogP contribution in [0.5, 0.6) is 0 Å². The molecule has 34 heavy (non-hydrogen) atoms. The Bertz CT molecular complexity index is 1150. The summed E-state index contributed by atoms with van der Waals surface area (Å²) in [4.78, 5) is 22.4. The molecule has 0 spiro atoms. The largest absolute Gasteiger partial charge is 0.628 e. The van der Waals surface area contributed by atoms with Crippen molar-refractivity contribution in [1.82, 2.24) is 0 Å². The first-order valence-electron chi connectivity index (χ1n) is 9.90. The highest BCUT2D eigenvalue weighted by molar-refractivity contribution is 7.48. The monoisotopic (exact) mass is 519 g/mol. The van der Waals surface area contributed by atoms with Crippen LogP contribution in [0, 0.1) is 10.1 Å². The van der Waals surface area contributed by atoms with Crippen LogP contribution in [-0.4, -0.2) is 23.2 Å². The summed E-state index contributed by atoms with van der Waals surface area (Å²) in [7, 11) is -2.90. The van der Waals surface area contributed by atoms with Gasteiger partial charge in [0.2, 0.25) is 0 Å². The van der Waals surface area contributed by atoms with E-state index in [0.717, 1.165) is 12.1 Å². The molecule has 0 amide bonds. The van der Waals surface area contributed by atoms with Crippen molar-refractivity contribution in [2.24, 2.45) is 5.16 Å². The van der Waals surface area contributed by atoms with Gasteiger partial charge >= 0.3 is 31.2 Å². The van der Waals surface area contributed by atoms with Gasteiger partial charge in [-0.3, -0.25) is 10.1 Å². The Morgan fingerprint density at radius 3 is 2.38 bits per heavy atom. The molecule has 1 unspecified atom stereocenters. The fourth-order valence-electron chi connectivity index (χ4n) is 2.94. The van der Waals surface area contributed by atoms with Crippen LogP contribution in [0.15, 0.2) is 35.5 Å². The number of ether oxygens (including phenoxy) is 1. The quantitative estimate of drug-likeness (QED) is 0.137. The second-order valence-electron chi connectivity index (χ2n) is 6.94. The molecule has 0 aliphatic rings. The lowest BCUT2D eigenvalue weighted by molar-refractivity contribution is -0.383. The SMILES string of the molecule is CCOC(=O)C(C)=NO[P+](=O)c1cc(Cc2ccc(C(F)(F)F)cc2Cl)c(CC)cc1[N+](=O)[O-]. The summed E-state index contributed by atoms with van der Waals surface area (Å²) < 4.78 is 61.0. The van der Waals surface area contributed by atoms with Crippen molar-refractivity contribution in [3.05, 3.63) is 67.7 Å². The minimum absolute atomic E-state index is 0.0272. The molecule has 0 N–H and O–H groups in total. The van der Waals surface area contributed by atoms with Gasteiger partial charge in [-0.15, -0.1) is 4.62 Å². The van der Waals surface area contributed by atoms with Gasteiger partial charge in [-0.05, 0) is 65.2 Å². The Balaban J connectivity index is 2.46. The summed E-state index contributed by atoms with van der Waals surface area (Å²) in [6.07, 6.45) is -4.18. The molecule has 0 aliphatic carbocycles. The summed E-state index contributed by atoms with van der Waals surface area (Å²) in [5.41, 5.74) is -0.313. The molecule has 2 rings (SSSR count). The van der Waals surface area contributed by atoms with Gasteiger partial charge in [0.15, 0.2) is 5.71 Å². The zero-order valence-corrected chi connectivity index (χ0v) is 20.0. The molecular weight excluding hydrogens is 500 g/mol. The molecule has 0 saturated heterocycles. The number of hydrogen-bond acceptors (Lipinski definition) is 7. The van der Waals surface area contributed by atoms with Crippen LogP contribution in [0.3, 0.4) is 0 Å². The normalized spacial score (nSPS) is 12.3. The maximum atomic E-state index is 12.9. The highest BCUT2D eigenvalue weighted by Crippen LogP contribution is 2.34. The summed E-state index contributed by atoms with van der Waals surface area (Å²) in [6, 6.07) is 5.40. The number of nitrogens with zero attached hydrogens (tertiary/aromatic N) is 2. The fraction of sp³-hybridized carbons (Fsp3) is 0.333. The maximum absolute atomic E-state index is 12.9. The Morgan fingerprint density at radius 2 is 1.85 bits per heavy atom. The van der Waals surface area contributed by atoms with Crippen LogP contribution in [0.2, 0.25) is 5.02 Å². The van der Waals surface area contributed by atoms with Gasteiger partial charge in [0.25, 0.3) is 0 Å². The third-order valence-corrected chi connectivity index (χ3v) is 5.99. The van der Waals surface area contributed by atoms with E-state index in [4.69, 9.17) is 21.0 Å². The van der Waals surface area contributed by atoms with E-state index >= 15 is 0 Å². The zero-order chi connectivity index (χ0) is 25.6. The van der Waals surface area contributed by atoms with E-state index in [1.807, 2.05) is 0 Å². The average Bonchev–Trinajstić information content (AvgIpc) is 2.77. The van der Waals surface area contributed by atoms with Crippen molar-refractivity contribution in [1.29, 1.82) is 0 Å². The predicted octanol–water partition coefficient (Wildman–Crippen LogP) is 5.74. The second kappa shape index (κ2) is 11.4. The van der Waals surface area contributed by atoms with Gasteiger partial charge < -0.3 is 4.74 Å². The van der Waals surface area contributed by atoms with E-state index in [1.54, 1.807) is 13.8 Å². The van der Waals surface area contributed by atoms with E-state index in [-0.39, 0.29) is 29.1 Å². The van der Waals surface area contributed by atoms with Crippen LogP contribution in [0.4, 0.5) is 18.9 Å². The van der Waals surface area contributed by atoms with Crippen LogP contribution < -0.4 is 5.30 Å². The van der Waals surface area contributed by atoms with Crippen molar-refractivity contribution in [2.75, 3.05) is 6.61 Å². The molecule has 8 nitrogen and oxygen atoms in total. The first-order valence-corrected chi connectivity index (χ1v) is 11.5. The first kappa shape index (κ1) is 27.2. The van der Waals surface area contributed by atoms with Crippen molar-refractivity contribution >= 4 is 42.3 Å². The van der Waals surface area contributed by atoms with Crippen LogP contribution >= 0.6 is 19.6 Å². The molecule has 0 aromatic heterocycles. The number of hydrogen-bond donors (Lipinski definition) is 0. The fourth-order valence-corrected chi connectivity index (χ4v) is 4.06. The Hall–Kier alpha value is -3.04. The van der Waals surface area contributed by atoms with E-state index in [1.165, 1.54) is 25.1 Å². The lowest BCUT2D eigenvalue weighted by atomic mass is 9.97. The number of nitro groups is 1. The number of aryl methyl sites for hydroxylation is 1. The number of nitro benzene ring substituents is 1. The lowest BCUT2D eigenvalue weighted by Gasteiger charge is -2.12. The van der Waals surface area contributed by atoms with Gasteiger partial charge in [0, 0.05) is 17.2 Å². The van der Waals surface area contributed by atoms with E-state index < -0.39 is 36.3 Å². The average molecular weight is 520 g/mol. The second-order valence-corrected chi connectivity index (χ2v) is 8.50. The summed E-state index contributed by atoms with van der Waals surface area (Å²) in [6.45, 7) is 4.65. The van der Waals surface area contributed by atoms with Crippen LogP contribution in [0.25, 0.3) is 0 Å².